The monoisotopic (exact) mass is 224 g/mol. The summed E-state index contributed by atoms with van der Waals surface area (Å²) in [6, 6.07) is 7.14. The van der Waals surface area contributed by atoms with Crippen molar-refractivity contribution < 1.29 is 19.4 Å². The maximum absolute atomic E-state index is 10.5. The maximum Gasteiger partial charge on any atom is 0.307 e. The Morgan fingerprint density at radius 1 is 1.38 bits per heavy atom. The van der Waals surface area contributed by atoms with Crippen LogP contribution in [0.1, 0.15) is 12.0 Å². The molecule has 4 heteroatoms. The summed E-state index contributed by atoms with van der Waals surface area (Å²) in [5.74, 6) is -0.133. The summed E-state index contributed by atoms with van der Waals surface area (Å²) in [4.78, 5) is 10.5. The smallest absolute Gasteiger partial charge is 0.307 e. The molecule has 1 aromatic carbocycles. The van der Waals surface area contributed by atoms with Crippen LogP contribution in [-0.4, -0.2) is 31.4 Å². The van der Waals surface area contributed by atoms with E-state index in [4.69, 9.17) is 14.6 Å². The van der Waals surface area contributed by atoms with Crippen molar-refractivity contribution in [2.45, 2.75) is 12.8 Å². The second-order valence-corrected chi connectivity index (χ2v) is 3.41. The zero-order chi connectivity index (χ0) is 11.8. The summed E-state index contributed by atoms with van der Waals surface area (Å²) in [6.07, 6.45) is 0.842. The van der Waals surface area contributed by atoms with Gasteiger partial charge in [0.15, 0.2) is 0 Å². The van der Waals surface area contributed by atoms with Crippen molar-refractivity contribution in [3.05, 3.63) is 29.8 Å². The van der Waals surface area contributed by atoms with Gasteiger partial charge in [0, 0.05) is 20.1 Å². The number of hydrogen-bond acceptors (Lipinski definition) is 3. The average molecular weight is 224 g/mol. The standard InChI is InChI=1S/C12H16O4/c1-15-6-3-7-16-11-5-2-4-10(8-11)9-12(13)14/h2,4-5,8H,3,6-7,9H2,1H3,(H,13,14). The molecule has 0 aliphatic rings. The van der Waals surface area contributed by atoms with Gasteiger partial charge in [0.2, 0.25) is 0 Å². The molecule has 4 nitrogen and oxygen atoms in total. The molecule has 1 aromatic rings. The van der Waals surface area contributed by atoms with Crippen LogP contribution < -0.4 is 4.74 Å². The lowest BCUT2D eigenvalue weighted by Crippen LogP contribution is -2.03. The van der Waals surface area contributed by atoms with Gasteiger partial charge >= 0.3 is 5.97 Å². The quantitative estimate of drug-likeness (QED) is 0.716. The van der Waals surface area contributed by atoms with E-state index >= 15 is 0 Å². The van der Waals surface area contributed by atoms with Crippen LogP contribution in [0.5, 0.6) is 5.75 Å². The van der Waals surface area contributed by atoms with Crippen molar-refractivity contribution in [1.82, 2.24) is 0 Å². The summed E-state index contributed by atoms with van der Waals surface area (Å²) in [5.41, 5.74) is 0.747. The second-order valence-electron chi connectivity index (χ2n) is 3.41. The predicted molar refractivity (Wildman–Crippen MR) is 59.8 cm³/mol. The lowest BCUT2D eigenvalue weighted by atomic mass is 10.1. The third kappa shape index (κ3) is 4.79. The van der Waals surface area contributed by atoms with Gasteiger partial charge in [-0.05, 0) is 17.7 Å². The molecule has 0 unspecified atom stereocenters. The van der Waals surface area contributed by atoms with Gasteiger partial charge in [-0.25, -0.2) is 0 Å². The van der Waals surface area contributed by atoms with Crippen LogP contribution in [0, 0.1) is 0 Å². The Hall–Kier alpha value is -1.55. The summed E-state index contributed by atoms with van der Waals surface area (Å²) < 4.78 is 10.4. The number of ether oxygens (including phenoxy) is 2. The number of benzene rings is 1. The SMILES string of the molecule is COCCCOc1cccc(CC(=O)O)c1. The van der Waals surface area contributed by atoms with Gasteiger partial charge in [0.25, 0.3) is 0 Å². The van der Waals surface area contributed by atoms with Gasteiger partial charge in [-0.3, -0.25) is 4.79 Å². The highest BCUT2D eigenvalue weighted by molar-refractivity contribution is 5.70. The predicted octanol–water partition coefficient (Wildman–Crippen LogP) is 1.73. The van der Waals surface area contributed by atoms with Gasteiger partial charge in [-0.1, -0.05) is 12.1 Å². The number of hydrogen-bond donors (Lipinski definition) is 1. The molecule has 1 N–H and O–H groups in total. The minimum atomic E-state index is -0.837. The molecule has 0 spiro atoms. The summed E-state index contributed by atoms with van der Waals surface area (Å²) >= 11 is 0. The molecule has 0 aliphatic carbocycles. The van der Waals surface area contributed by atoms with E-state index in [0.29, 0.717) is 19.0 Å². The van der Waals surface area contributed by atoms with Gasteiger partial charge in [0.05, 0.1) is 13.0 Å². The fraction of sp³-hybridized carbons (Fsp3) is 0.417. The number of carbonyl (C=O) groups is 1. The molecular weight excluding hydrogens is 208 g/mol. The van der Waals surface area contributed by atoms with E-state index in [1.165, 1.54) is 0 Å². The van der Waals surface area contributed by atoms with E-state index < -0.39 is 5.97 Å². The first-order valence-electron chi connectivity index (χ1n) is 5.15. The van der Waals surface area contributed by atoms with Gasteiger partial charge < -0.3 is 14.6 Å². The third-order valence-electron chi connectivity index (χ3n) is 2.02. The van der Waals surface area contributed by atoms with Crippen LogP contribution in [0.25, 0.3) is 0 Å². The maximum atomic E-state index is 10.5. The number of methoxy groups -OCH3 is 1. The normalized spacial score (nSPS) is 10.1. The average Bonchev–Trinajstić information content (AvgIpc) is 2.24. The van der Waals surface area contributed by atoms with Crippen LogP contribution >= 0.6 is 0 Å². The Balaban J connectivity index is 2.44. The molecule has 0 saturated carbocycles. The number of rotatable bonds is 7. The Morgan fingerprint density at radius 2 is 2.19 bits per heavy atom. The van der Waals surface area contributed by atoms with E-state index in [2.05, 4.69) is 0 Å². The molecule has 16 heavy (non-hydrogen) atoms. The van der Waals surface area contributed by atoms with Crippen molar-refractivity contribution >= 4 is 5.97 Å². The highest BCUT2D eigenvalue weighted by Crippen LogP contribution is 2.14. The number of carboxylic acids is 1. The summed E-state index contributed by atoms with van der Waals surface area (Å²) in [7, 11) is 1.65. The lowest BCUT2D eigenvalue weighted by molar-refractivity contribution is -0.136. The molecule has 0 heterocycles. The van der Waals surface area contributed by atoms with Crippen molar-refractivity contribution in [3.63, 3.8) is 0 Å². The molecular formula is C12H16O4. The van der Waals surface area contributed by atoms with E-state index in [-0.39, 0.29) is 6.42 Å². The third-order valence-corrected chi connectivity index (χ3v) is 2.02. The molecule has 0 atom stereocenters. The van der Waals surface area contributed by atoms with E-state index in [1.54, 1.807) is 25.3 Å². The van der Waals surface area contributed by atoms with E-state index in [1.807, 2.05) is 6.07 Å². The molecule has 1 rings (SSSR count). The zero-order valence-electron chi connectivity index (χ0n) is 9.31. The fourth-order valence-electron chi connectivity index (χ4n) is 1.31. The largest absolute Gasteiger partial charge is 0.493 e. The fourth-order valence-corrected chi connectivity index (χ4v) is 1.31. The number of aliphatic carboxylic acids is 1. The van der Waals surface area contributed by atoms with E-state index in [9.17, 15) is 4.79 Å². The first-order chi connectivity index (χ1) is 7.72. The minimum Gasteiger partial charge on any atom is -0.493 e. The molecule has 0 bridgehead atoms. The first-order valence-corrected chi connectivity index (χ1v) is 5.15. The Bertz CT molecular complexity index is 336. The Kier molecular flexibility index (Phi) is 5.36. The molecule has 0 amide bonds. The lowest BCUT2D eigenvalue weighted by Gasteiger charge is -2.06. The molecule has 0 aliphatic heterocycles. The molecule has 0 fully saturated rings. The summed E-state index contributed by atoms with van der Waals surface area (Å²) in [6.45, 7) is 1.24. The Morgan fingerprint density at radius 3 is 2.88 bits per heavy atom. The second kappa shape index (κ2) is 6.85. The minimum absolute atomic E-state index is 0.0231. The first kappa shape index (κ1) is 12.5. The van der Waals surface area contributed by atoms with Crippen LogP contribution in [-0.2, 0) is 16.0 Å². The van der Waals surface area contributed by atoms with E-state index in [0.717, 1.165) is 12.0 Å². The van der Waals surface area contributed by atoms with Crippen molar-refractivity contribution in [1.29, 1.82) is 0 Å². The van der Waals surface area contributed by atoms with Gasteiger partial charge in [0.1, 0.15) is 5.75 Å². The summed E-state index contributed by atoms with van der Waals surface area (Å²) in [5, 5.41) is 8.65. The van der Waals surface area contributed by atoms with Crippen molar-refractivity contribution in [3.8, 4) is 5.75 Å². The highest BCUT2D eigenvalue weighted by Gasteiger charge is 2.01. The van der Waals surface area contributed by atoms with Gasteiger partial charge in [-0.2, -0.15) is 0 Å². The number of carboxylic acid groups (broad SMARTS) is 1. The van der Waals surface area contributed by atoms with Crippen LogP contribution in [0.15, 0.2) is 24.3 Å². The molecule has 0 radical (unpaired) electrons. The molecule has 0 saturated heterocycles. The highest BCUT2D eigenvalue weighted by atomic mass is 16.5. The Labute approximate surface area is 94.8 Å². The van der Waals surface area contributed by atoms with Crippen LogP contribution in [0.3, 0.4) is 0 Å². The van der Waals surface area contributed by atoms with Crippen LogP contribution in [0.4, 0.5) is 0 Å². The zero-order valence-corrected chi connectivity index (χ0v) is 9.31. The van der Waals surface area contributed by atoms with Crippen molar-refractivity contribution in [2.24, 2.45) is 0 Å². The van der Waals surface area contributed by atoms with Crippen LogP contribution in [0.2, 0.25) is 0 Å². The molecule has 0 aromatic heterocycles. The van der Waals surface area contributed by atoms with Crippen molar-refractivity contribution in [2.75, 3.05) is 20.3 Å². The topological polar surface area (TPSA) is 55.8 Å². The molecule has 88 valence electrons. The van der Waals surface area contributed by atoms with Gasteiger partial charge in [-0.15, -0.1) is 0 Å².